The molecule has 0 bridgehead atoms. The second-order valence-electron chi connectivity index (χ2n) is 7.34. The highest BCUT2D eigenvalue weighted by molar-refractivity contribution is 8.08. The van der Waals surface area contributed by atoms with E-state index in [-0.39, 0.29) is 11.6 Å². The SMILES string of the molecule is CCOP(=S)(OCC)Oc1cc(C)nc(C(C)C)n1.COP(=S)(OC)Oc1ccc([N+](=O)[O-])c(C)c1. The predicted octanol–water partition coefficient (Wildman–Crippen LogP) is 6.38. The van der Waals surface area contributed by atoms with Crippen LogP contribution in [0.4, 0.5) is 5.69 Å². The second kappa shape index (κ2) is 15.0. The number of hydrogen-bond acceptors (Lipinski definition) is 12. The summed E-state index contributed by atoms with van der Waals surface area (Å²) in [4.78, 5) is 18.9. The summed E-state index contributed by atoms with van der Waals surface area (Å²) in [5.74, 6) is 1.76. The van der Waals surface area contributed by atoms with Gasteiger partial charge in [-0.25, -0.2) is 4.98 Å². The molecule has 202 valence electrons. The van der Waals surface area contributed by atoms with Crippen LogP contribution in [0.25, 0.3) is 0 Å². The van der Waals surface area contributed by atoms with Gasteiger partial charge in [-0.1, -0.05) is 13.8 Å². The second-order valence-corrected chi connectivity index (χ2v) is 13.4. The number of aromatic nitrogens is 2. The molecular formula is C21H33N3O8P2S2. The first kappa shape index (κ1) is 32.5. The zero-order valence-electron chi connectivity index (χ0n) is 21.6. The lowest BCUT2D eigenvalue weighted by Crippen LogP contribution is -2.06. The van der Waals surface area contributed by atoms with E-state index in [4.69, 9.17) is 50.8 Å². The lowest BCUT2D eigenvalue weighted by atomic mass is 10.2. The minimum atomic E-state index is -2.80. The summed E-state index contributed by atoms with van der Waals surface area (Å²) in [6, 6.07) is 6.09. The monoisotopic (exact) mass is 581 g/mol. The Balaban J connectivity index is 0.000000362. The molecule has 2 rings (SSSR count). The van der Waals surface area contributed by atoms with E-state index < -0.39 is 18.4 Å². The Bertz CT molecular complexity index is 1100. The van der Waals surface area contributed by atoms with Gasteiger partial charge < -0.3 is 18.1 Å². The molecule has 0 spiro atoms. The van der Waals surface area contributed by atoms with Crippen molar-refractivity contribution < 1.29 is 32.1 Å². The Morgan fingerprint density at radius 1 is 0.972 bits per heavy atom. The topological polar surface area (TPSA) is 124 Å². The average molecular weight is 582 g/mol. The molecule has 1 heterocycles. The van der Waals surface area contributed by atoms with Gasteiger partial charge in [0.05, 0.1) is 18.1 Å². The van der Waals surface area contributed by atoms with Gasteiger partial charge in [0.1, 0.15) is 11.6 Å². The van der Waals surface area contributed by atoms with E-state index in [0.29, 0.717) is 30.4 Å². The van der Waals surface area contributed by atoms with Gasteiger partial charge in [0.15, 0.2) is 0 Å². The van der Waals surface area contributed by atoms with Crippen molar-refractivity contribution in [1.82, 2.24) is 9.97 Å². The fourth-order valence-electron chi connectivity index (χ4n) is 2.56. The molecule has 0 aliphatic heterocycles. The van der Waals surface area contributed by atoms with Crippen molar-refractivity contribution in [2.75, 3.05) is 27.4 Å². The van der Waals surface area contributed by atoms with Crippen molar-refractivity contribution in [2.24, 2.45) is 0 Å². The molecule has 0 unspecified atom stereocenters. The van der Waals surface area contributed by atoms with Crippen LogP contribution in [-0.2, 0) is 41.7 Å². The van der Waals surface area contributed by atoms with Crippen molar-refractivity contribution in [2.45, 2.75) is 47.5 Å². The van der Waals surface area contributed by atoms with Crippen LogP contribution in [0, 0.1) is 24.0 Å². The Morgan fingerprint density at radius 2 is 1.56 bits per heavy atom. The van der Waals surface area contributed by atoms with Crippen LogP contribution in [0.3, 0.4) is 0 Å². The molecule has 0 amide bonds. The zero-order chi connectivity index (χ0) is 27.5. The van der Waals surface area contributed by atoms with E-state index in [1.165, 1.54) is 32.4 Å². The van der Waals surface area contributed by atoms with Gasteiger partial charge in [0.25, 0.3) is 5.69 Å². The number of aryl methyl sites for hydroxylation is 2. The third-order valence-corrected chi connectivity index (χ3v) is 9.04. The van der Waals surface area contributed by atoms with Gasteiger partial charge >= 0.3 is 13.4 Å². The Kier molecular flexibility index (Phi) is 13.5. The van der Waals surface area contributed by atoms with Gasteiger partial charge in [0, 0.05) is 67.1 Å². The lowest BCUT2D eigenvalue weighted by Gasteiger charge is -2.20. The Morgan fingerprint density at radius 3 is 2.00 bits per heavy atom. The van der Waals surface area contributed by atoms with Crippen molar-refractivity contribution >= 4 is 42.7 Å². The third kappa shape index (κ3) is 10.4. The van der Waals surface area contributed by atoms with E-state index >= 15 is 0 Å². The first-order chi connectivity index (χ1) is 16.8. The standard InChI is InChI=1S/C12H21N2O3PS.C9H12NO5PS/c1-6-15-18(19,16-7-2)17-11-8-10(5)13-12(14-11)9(3)4;1-7-6-8(4-5-9(7)10(11)12)15-16(17,13-2)14-3/h8-9H,6-7H2,1-5H3;4-6H,1-3H3. The van der Waals surface area contributed by atoms with E-state index in [0.717, 1.165) is 11.5 Å². The van der Waals surface area contributed by atoms with Crippen LogP contribution in [-0.4, -0.2) is 42.3 Å². The normalized spacial score (nSPS) is 11.6. The smallest absolute Gasteiger partial charge is 0.381 e. The highest BCUT2D eigenvalue weighted by atomic mass is 32.5. The van der Waals surface area contributed by atoms with Crippen LogP contribution in [0.2, 0.25) is 0 Å². The van der Waals surface area contributed by atoms with E-state index in [2.05, 4.69) is 9.97 Å². The number of nitrogens with zero attached hydrogens (tertiary/aromatic N) is 3. The Labute approximate surface area is 222 Å². The Hall–Kier alpha value is -1.56. The summed E-state index contributed by atoms with van der Waals surface area (Å²) in [5.41, 5.74) is 1.35. The number of benzene rings is 1. The number of rotatable bonds is 12. The molecule has 2 aromatic rings. The summed E-state index contributed by atoms with van der Waals surface area (Å²) < 4.78 is 31.8. The van der Waals surface area contributed by atoms with Gasteiger partial charge in [-0.3, -0.25) is 19.2 Å². The molecule has 0 atom stereocenters. The molecule has 1 aromatic heterocycles. The fourth-order valence-corrected chi connectivity index (χ4v) is 5.48. The van der Waals surface area contributed by atoms with Crippen molar-refractivity contribution in [3.05, 3.63) is 51.5 Å². The van der Waals surface area contributed by atoms with Crippen molar-refractivity contribution in [3.8, 4) is 11.6 Å². The molecular weight excluding hydrogens is 548 g/mol. The maximum absolute atomic E-state index is 10.6. The first-order valence-corrected chi connectivity index (χ1v) is 16.0. The van der Waals surface area contributed by atoms with E-state index in [1.54, 1.807) is 13.0 Å². The molecule has 0 saturated carbocycles. The number of hydrogen-bond donors (Lipinski definition) is 0. The number of nitro benzene ring substituents is 1. The summed E-state index contributed by atoms with van der Waals surface area (Å²) in [6.45, 7) is 6.60. The largest absolute Gasteiger partial charge is 0.424 e. The maximum Gasteiger partial charge on any atom is 0.381 e. The molecule has 0 saturated heterocycles. The maximum atomic E-state index is 10.6. The molecule has 11 nitrogen and oxygen atoms in total. The molecule has 0 N–H and O–H groups in total. The molecule has 36 heavy (non-hydrogen) atoms. The van der Waals surface area contributed by atoms with Crippen LogP contribution >= 0.6 is 13.4 Å². The highest BCUT2D eigenvalue weighted by Crippen LogP contribution is 2.49. The van der Waals surface area contributed by atoms with E-state index in [1.807, 2.05) is 34.6 Å². The molecule has 0 fully saturated rings. The lowest BCUT2D eigenvalue weighted by molar-refractivity contribution is -0.385. The van der Waals surface area contributed by atoms with Crippen LogP contribution in [0.15, 0.2) is 24.3 Å². The summed E-state index contributed by atoms with van der Waals surface area (Å²) in [7, 11) is 2.78. The van der Waals surface area contributed by atoms with Crippen LogP contribution in [0.5, 0.6) is 11.6 Å². The van der Waals surface area contributed by atoms with Crippen LogP contribution in [0.1, 0.15) is 50.7 Å². The summed E-state index contributed by atoms with van der Waals surface area (Å²) >= 11 is 10.3. The van der Waals surface area contributed by atoms with Crippen LogP contribution < -0.4 is 9.05 Å². The minimum Gasteiger partial charge on any atom is -0.424 e. The summed E-state index contributed by atoms with van der Waals surface area (Å²) in [6.07, 6.45) is 0. The predicted molar refractivity (Wildman–Crippen MR) is 146 cm³/mol. The molecule has 15 heteroatoms. The van der Waals surface area contributed by atoms with Crippen molar-refractivity contribution in [1.29, 1.82) is 0 Å². The van der Waals surface area contributed by atoms with Gasteiger partial charge in [-0.05, 0) is 39.8 Å². The first-order valence-electron chi connectivity index (χ1n) is 10.9. The van der Waals surface area contributed by atoms with E-state index in [9.17, 15) is 10.1 Å². The molecule has 0 radical (unpaired) electrons. The molecule has 0 aliphatic carbocycles. The quantitative estimate of drug-likeness (QED) is 0.157. The van der Waals surface area contributed by atoms with Crippen molar-refractivity contribution in [3.63, 3.8) is 0 Å². The fraction of sp³-hybridized carbons (Fsp3) is 0.524. The third-order valence-electron chi connectivity index (χ3n) is 4.17. The minimum absolute atomic E-state index is 0.0282. The highest BCUT2D eigenvalue weighted by Gasteiger charge is 2.23. The molecule has 1 aromatic carbocycles. The van der Waals surface area contributed by atoms with Gasteiger partial charge in [-0.15, -0.1) is 0 Å². The molecule has 0 aliphatic rings. The zero-order valence-corrected chi connectivity index (χ0v) is 25.0. The van der Waals surface area contributed by atoms with Gasteiger partial charge in [0.2, 0.25) is 5.88 Å². The summed E-state index contributed by atoms with van der Waals surface area (Å²) in [5, 5.41) is 10.6. The average Bonchev–Trinajstić information content (AvgIpc) is 2.79. The van der Waals surface area contributed by atoms with Gasteiger partial charge in [-0.2, -0.15) is 4.98 Å². The number of nitro groups is 1.